The zero-order valence-electron chi connectivity index (χ0n) is 15.1. The largest absolute Gasteiger partial charge is 0.416 e. The van der Waals surface area contributed by atoms with Crippen LogP contribution in [0.2, 0.25) is 0 Å². The summed E-state index contributed by atoms with van der Waals surface area (Å²) in [5.41, 5.74) is 1.68. The number of hydrogen-bond donors (Lipinski definition) is 0. The number of fused-ring (bicyclic) bond motifs is 1. The third-order valence-corrected chi connectivity index (χ3v) is 5.95. The Morgan fingerprint density at radius 2 is 1.96 bits per heavy atom. The second kappa shape index (κ2) is 7.09. The molecule has 0 spiro atoms. The van der Waals surface area contributed by atoms with Crippen molar-refractivity contribution >= 4 is 17.2 Å². The summed E-state index contributed by atoms with van der Waals surface area (Å²) >= 11 is 1.33. The van der Waals surface area contributed by atoms with E-state index in [1.807, 2.05) is 30.2 Å². The van der Waals surface area contributed by atoms with Gasteiger partial charge in [0.2, 0.25) is 5.91 Å². The molecule has 1 aliphatic heterocycles. The molecule has 8 heteroatoms. The number of rotatable bonds is 3. The average Bonchev–Trinajstić information content (AvgIpc) is 3.31. The van der Waals surface area contributed by atoms with E-state index in [1.165, 1.54) is 23.5 Å². The number of carbonyl (C=O) groups is 1. The Morgan fingerprint density at radius 3 is 2.68 bits per heavy atom. The number of hydrogen-bond acceptors (Lipinski definition) is 3. The number of alkyl halides is 3. The molecule has 1 aromatic carbocycles. The van der Waals surface area contributed by atoms with Crippen molar-refractivity contribution in [3.05, 3.63) is 64.9 Å². The molecule has 0 radical (unpaired) electrons. The van der Waals surface area contributed by atoms with Crippen molar-refractivity contribution in [3.63, 3.8) is 0 Å². The van der Waals surface area contributed by atoms with Gasteiger partial charge in [0.05, 0.1) is 23.7 Å². The molecule has 4 nitrogen and oxygen atoms in total. The first-order valence-corrected chi connectivity index (χ1v) is 9.77. The molecule has 0 N–H and O–H groups in total. The fourth-order valence-electron chi connectivity index (χ4n) is 3.50. The lowest BCUT2D eigenvalue weighted by Crippen LogP contribution is -2.41. The van der Waals surface area contributed by atoms with Gasteiger partial charge >= 0.3 is 6.18 Å². The molecule has 4 rings (SSSR count). The standard InChI is InChI=1S/C20H18F3N3OS/c1-13-17-3-2-8-25(17)9-10-26(13)18(27)11-16-12-28-19(24-16)14-4-6-15(7-5-14)20(21,22)23/h2-8,12-13H,9-11H2,1H3. The van der Waals surface area contributed by atoms with Crippen LogP contribution in [-0.4, -0.2) is 26.9 Å². The Bertz CT molecular complexity index is 991. The van der Waals surface area contributed by atoms with Gasteiger partial charge in [0, 0.05) is 35.9 Å². The molecular weight excluding hydrogens is 387 g/mol. The van der Waals surface area contributed by atoms with Gasteiger partial charge < -0.3 is 9.47 Å². The van der Waals surface area contributed by atoms with Crippen LogP contribution in [0.5, 0.6) is 0 Å². The van der Waals surface area contributed by atoms with Gasteiger partial charge in [-0.15, -0.1) is 11.3 Å². The Morgan fingerprint density at radius 1 is 1.21 bits per heavy atom. The van der Waals surface area contributed by atoms with Crippen LogP contribution in [-0.2, 0) is 23.9 Å². The van der Waals surface area contributed by atoms with Crippen molar-refractivity contribution < 1.29 is 18.0 Å². The van der Waals surface area contributed by atoms with E-state index in [9.17, 15) is 18.0 Å². The van der Waals surface area contributed by atoms with E-state index >= 15 is 0 Å². The van der Waals surface area contributed by atoms with Gasteiger partial charge in [0.25, 0.3) is 0 Å². The van der Waals surface area contributed by atoms with Gasteiger partial charge in [-0.25, -0.2) is 4.98 Å². The lowest BCUT2D eigenvalue weighted by molar-refractivity contribution is -0.137. The van der Waals surface area contributed by atoms with Crippen LogP contribution in [0, 0.1) is 0 Å². The van der Waals surface area contributed by atoms with Crippen LogP contribution in [0.15, 0.2) is 48.0 Å². The van der Waals surface area contributed by atoms with Crippen LogP contribution in [0.25, 0.3) is 10.6 Å². The lowest BCUT2D eigenvalue weighted by Gasteiger charge is -2.34. The van der Waals surface area contributed by atoms with Crippen LogP contribution in [0.4, 0.5) is 13.2 Å². The van der Waals surface area contributed by atoms with E-state index in [2.05, 4.69) is 9.55 Å². The normalized spacial score (nSPS) is 16.9. The molecule has 0 saturated carbocycles. The maximum Gasteiger partial charge on any atom is 0.416 e. The number of halogens is 3. The number of aromatic nitrogens is 2. The van der Waals surface area contributed by atoms with E-state index < -0.39 is 11.7 Å². The highest BCUT2D eigenvalue weighted by molar-refractivity contribution is 7.13. The fraction of sp³-hybridized carbons (Fsp3) is 0.300. The highest BCUT2D eigenvalue weighted by Crippen LogP contribution is 2.32. The molecule has 146 valence electrons. The number of nitrogens with zero attached hydrogens (tertiary/aromatic N) is 3. The lowest BCUT2D eigenvalue weighted by atomic mass is 10.1. The van der Waals surface area contributed by atoms with Crippen molar-refractivity contribution in [2.24, 2.45) is 0 Å². The van der Waals surface area contributed by atoms with Gasteiger partial charge in [-0.05, 0) is 31.2 Å². The zero-order chi connectivity index (χ0) is 19.9. The summed E-state index contributed by atoms with van der Waals surface area (Å²) in [5.74, 6) is 0.00391. The summed E-state index contributed by atoms with van der Waals surface area (Å²) in [5, 5.41) is 2.40. The first kappa shape index (κ1) is 18.7. The van der Waals surface area contributed by atoms with E-state index in [0.29, 0.717) is 22.8 Å². The Balaban J connectivity index is 1.46. The number of carbonyl (C=O) groups excluding carboxylic acids is 1. The Labute approximate surface area is 164 Å². The average molecular weight is 405 g/mol. The molecule has 1 unspecified atom stereocenters. The predicted octanol–water partition coefficient (Wildman–Crippen LogP) is 4.78. The molecule has 1 amide bonds. The highest BCUT2D eigenvalue weighted by atomic mass is 32.1. The highest BCUT2D eigenvalue weighted by Gasteiger charge is 2.30. The fourth-order valence-corrected chi connectivity index (χ4v) is 4.32. The molecule has 1 atom stereocenters. The van der Waals surface area contributed by atoms with Crippen molar-refractivity contribution in [2.75, 3.05) is 6.54 Å². The minimum atomic E-state index is -4.36. The summed E-state index contributed by atoms with van der Waals surface area (Å²) < 4.78 is 40.2. The third-order valence-electron chi connectivity index (χ3n) is 5.01. The van der Waals surface area contributed by atoms with Crippen LogP contribution >= 0.6 is 11.3 Å². The van der Waals surface area contributed by atoms with Crippen molar-refractivity contribution in [2.45, 2.75) is 32.1 Å². The second-order valence-electron chi connectivity index (χ2n) is 6.79. The molecule has 0 aliphatic carbocycles. The monoisotopic (exact) mass is 405 g/mol. The van der Waals surface area contributed by atoms with Crippen LogP contribution in [0.1, 0.15) is 29.9 Å². The summed E-state index contributed by atoms with van der Waals surface area (Å²) in [6, 6.07) is 8.93. The Kier molecular flexibility index (Phi) is 4.74. The number of benzene rings is 1. The summed E-state index contributed by atoms with van der Waals surface area (Å²) in [7, 11) is 0. The predicted molar refractivity (Wildman–Crippen MR) is 101 cm³/mol. The smallest absolute Gasteiger partial charge is 0.348 e. The minimum absolute atomic E-state index is 0.00391. The van der Waals surface area contributed by atoms with Gasteiger partial charge in [-0.3, -0.25) is 4.79 Å². The molecule has 3 heterocycles. The third kappa shape index (κ3) is 3.56. The maximum atomic E-state index is 12.8. The molecule has 1 aliphatic rings. The second-order valence-corrected chi connectivity index (χ2v) is 7.64. The first-order valence-electron chi connectivity index (χ1n) is 8.89. The molecule has 0 bridgehead atoms. The summed E-state index contributed by atoms with van der Waals surface area (Å²) in [6.45, 7) is 3.43. The number of thiazole rings is 1. The van der Waals surface area contributed by atoms with E-state index in [4.69, 9.17) is 0 Å². The van der Waals surface area contributed by atoms with Gasteiger partial charge in [0.1, 0.15) is 5.01 Å². The van der Waals surface area contributed by atoms with Gasteiger partial charge in [-0.1, -0.05) is 12.1 Å². The molecule has 2 aromatic heterocycles. The minimum Gasteiger partial charge on any atom is -0.348 e. The van der Waals surface area contributed by atoms with Crippen LogP contribution < -0.4 is 0 Å². The van der Waals surface area contributed by atoms with E-state index in [1.54, 1.807) is 5.38 Å². The van der Waals surface area contributed by atoms with E-state index in [-0.39, 0.29) is 18.4 Å². The van der Waals surface area contributed by atoms with Crippen LogP contribution in [0.3, 0.4) is 0 Å². The summed E-state index contributed by atoms with van der Waals surface area (Å²) in [4.78, 5) is 19.1. The molecule has 0 saturated heterocycles. The SMILES string of the molecule is CC1c2cccn2CCN1C(=O)Cc1csc(-c2ccc(C(F)(F)F)cc2)n1. The quantitative estimate of drug-likeness (QED) is 0.629. The Hall–Kier alpha value is -2.61. The van der Waals surface area contributed by atoms with Gasteiger partial charge in [0.15, 0.2) is 0 Å². The summed E-state index contributed by atoms with van der Waals surface area (Å²) in [6.07, 6.45) is -2.16. The van der Waals surface area contributed by atoms with E-state index in [0.717, 1.165) is 24.4 Å². The molecule has 28 heavy (non-hydrogen) atoms. The van der Waals surface area contributed by atoms with Crippen molar-refractivity contribution in [1.29, 1.82) is 0 Å². The van der Waals surface area contributed by atoms with Crippen molar-refractivity contribution in [3.8, 4) is 10.6 Å². The zero-order valence-corrected chi connectivity index (χ0v) is 15.9. The van der Waals surface area contributed by atoms with Crippen molar-refractivity contribution in [1.82, 2.24) is 14.5 Å². The topological polar surface area (TPSA) is 38.1 Å². The maximum absolute atomic E-state index is 12.8. The first-order chi connectivity index (χ1) is 13.3. The molecule has 3 aromatic rings. The number of amides is 1. The van der Waals surface area contributed by atoms with Gasteiger partial charge in [-0.2, -0.15) is 13.2 Å². The molecule has 0 fully saturated rings. The molecular formula is C20H18F3N3OS.